The number of ether oxygens (including phenoxy) is 1. The van der Waals surface area contributed by atoms with Gasteiger partial charge in [-0.25, -0.2) is 18.5 Å². The monoisotopic (exact) mass is 282 g/mol. The van der Waals surface area contributed by atoms with Gasteiger partial charge in [-0.2, -0.15) is 13.2 Å². The summed E-state index contributed by atoms with van der Waals surface area (Å²) >= 11 is 0. The lowest BCUT2D eigenvalue weighted by Crippen LogP contribution is -2.19. The number of pyridine rings is 1. The van der Waals surface area contributed by atoms with Crippen LogP contribution < -0.4 is 9.88 Å². The van der Waals surface area contributed by atoms with E-state index in [1.54, 1.807) is 0 Å². The van der Waals surface area contributed by atoms with E-state index in [2.05, 4.69) is 4.98 Å². The highest BCUT2D eigenvalue weighted by Gasteiger charge is 2.35. The van der Waals surface area contributed by atoms with Crippen molar-refractivity contribution in [3.05, 3.63) is 17.8 Å². The molecule has 2 N–H and O–H groups in total. The third-order valence-corrected chi connectivity index (χ3v) is 3.03. The minimum atomic E-state index is -4.74. The van der Waals surface area contributed by atoms with Gasteiger partial charge in [0.25, 0.3) is 10.0 Å². The number of rotatable bonds is 3. The van der Waals surface area contributed by atoms with E-state index in [0.29, 0.717) is 6.07 Å². The van der Waals surface area contributed by atoms with Crippen LogP contribution in [0.4, 0.5) is 13.2 Å². The number of hydrogen-bond acceptors (Lipinski definition) is 4. The van der Waals surface area contributed by atoms with E-state index >= 15 is 0 Å². The Morgan fingerprint density at radius 3 is 2.39 bits per heavy atom. The van der Waals surface area contributed by atoms with Gasteiger partial charge in [0.1, 0.15) is 5.69 Å². The Bertz CT molecular complexity index is 567. The summed E-state index contributed by atoms with van der Waals surface area (Å²) in [5.74, 6) is -0.243. The maximum Gasteiger partial charge on any atom is 0.433 e. The van der Waals surface area contributed by atoms with E-state index in [4.69, 9.17) is 9.88 Å². The average Bonchev–Trinajstić information content (AvgIpc) is 2.98. The third-order valence-electron chi connectivity index (χ3n) is 2.20. The SMILES string of the molecule is NS(=O)(=O)c1nc(C(F)(F)F)ccc1OC1CC1. The van der Waals surface area contributed by atoms with Crippen molar-refractivity contribution in [2.24, 2.45) is 5.14 Å². The summed E-state index contributed by atoms with van der Waals surface area (Å²) in [5.41, 5.74) is -1.32. The molecule has 0 atom stereocenters. The lowest BCUT2D eigenvalue weighted by Gasteiger charge is -2.11. The Kier molecular flexibility index (Phi) is 2.98. The smallest absolute Gasteiger partial charge is 0.433 e. The van der Waals surface area contributed by atoms with E-state index < -0.39 is 26.9 Å². The van der Waals surface area contributed by atoms with Crippen LogP contribution in [0.5, 0.6) is 5.75 Å². The molecule has 1 aromatic heterocycles. The quantitative estimate of drug-likeness (QED) is 0.905. The fourth-order valence-corrected chi connectivity index (χ4v) is 1.87. The zero-order valence-corrected chi connectivity index (χ0v) is 9.75. The fraction of sp³-hybridized carbons (Fsp3) is 0.444. The lowest BCUT2D eigenvalue weighted by molar-refractivity contribution is -0.141. The van der Waals surface area contributed by atoms with Crippen molar-refractivity contribution in [2.45, 2.75) is 30.1 Å². The van der Waals surface area contributed by atoms with Crippen molar-refractivity contribution < 1.29 is 26.3 Å². The average molecular weight is 282 g/mol. The van der Waals surface area contributed by atoms with Gasteiger partial charge in [0.15, 0.2) is 5.75 Å². The Balaban J connectivity index is 2.48. The third kappa shape index (κ3) is 2.91. The lowest BCUT2D eigenvalue weighted by atomic mass is 10.3. The number of alkyl halides is 3. The summed E-state index contributed by atoms with van der Waals surface area (Å²) in [7, 11) is -4.37. The van der Waals surface area contributed by atoms with Gasteiger partial charge in [-0.3, -0.25) is 0 Å². The van der Waals surface area contributed by atoms with Crippen molar-refractivity contribution in [2.75, 3.05) is 0 Å². The molecule has 0 aliphatic heterocycles. The molecule has 9 heteroatoms. The van der Waals surface area contributed by atoms with Crippen molar-refractivity contribution in [3.63, 3.8) is 0 Å². The van der Waals surface area contributed by atoms with E-state index in [1.807, 2.05) is 0 Å². The van der Waals surface area contributed by atoms with Gasteiger partial charge in [-0.15, -0.1) is 0 Å². The van der Waals surface area contributed by atoms with Gasteiger partial charge in [-0.05, 0) is 25.0 Å². The first-order chi connectivity index (χ1) is 8.18. The van der Waals surface area contributed by atoms with Crippen LogP contribution in [0.3, 0.4) is 0 Å². The van der Waals surface area contributed by atoms with Crippen LogP contribution in [0.15, 0.2) is 17.2 Å². The Hall–Kier alpha value is -1.35. The fourth-order valence-electron chi connectivity index (χ4n) is 1.24. The highest BCUT2D eigenvalue weighted by Crippen LogP contribution is 2.34. The zero-order valence-electron chi connectivity index (χ0n) is 8.94. The number of hydrogen-bond donors (Lipinski definition) is 1. The minimum Gasteiger partial charge on any atom is -0.487 e. The summed E-state index contributed by atoms with van der Waals surface area (Å²) < 4.78 is 64.8. The van der Waals surface area contributed by atoms with Crippen molar-refractivity contribution >= 4 is 10.0 Å². The molecule has 0 radical (unpaired) electrons. The predicted octanol–water partition coefficient (Wildman–Crippen LogP) is 1.29. The van der Waals surface area contributed by atoms with E-state index in [1.165, 1.54) is 0 Å². The normalized spacial score (nSPS) is 16.7. The molecule has 0 bridgehead atoms. The minimum absolute atomic E-state index is 0.177. The Morgan fingerprint density at radius 2 is 1.94 bits per heavy atom. The molecule has 0 saturated heterocycles. The predicted molar refractivity (Wildman–Crippen MR) is 54.3 cm³/mol. The van der Waals surface area contributed by atoms with Crippen LogP contribution in [-0.4, -0.2) is 19.5 Å². The van der Waals surface area contributed by atoms with Crippen LogP contribution in [0.2, 0.25) is 0 Å². The first-order valence-corrected chi connectivity index (χ1v) is 6.50. The number of nitrogens with zero attached hydrogens (tertiary/aromatic N) is 1. The first kappa shape index (κ1) is 13.1. The summed E-state index contributed by atoms with van der Waals surface area (Å²) in [5, 5.41) is 3.94. The maximum atomic E-state index is 12.4. The van der Waals surface area contributed by atoms with Crippen molar-refractivity contribution in [3.8, 4) is 5.75 Å². The van der Waals surface area contributed by atoms with E-state index in [-0.39, 0.29) is 11.9 Å². The summed E-state index contributed by atoms with van der Waals surface area (Å²) in [6.07, 6.45) is -3.46. The topological polar surface area (TPSA) is 82.3 Å². The molecule has 2 rings (SSSR count). The molecule has 0 aromatic carbocycles. The second-order valence-electron chi connectivity index (χ2n) is 3.86. The molecule has 1 heterocycles. The molecule has 1 saturated carbocycles. The number of halogens is 3. The van der Waals surface area contributed by atoms with Gasteiger partial charge in [0.05, 0.1) is 6.10 Å². The number of sulfonamides is 1. The number of aromatic nitrogens is 1. The van der Waals surface area contributed by atoms with Gasteiger partial charge in [0.2, 0.25) is 5.03 Å². The first-order valence-electron chi connectivity index (χ1n) is 4.95. The molecule has 1 aliphatic carbocycles. The summed E-state index contributed by atoms with van der Waals surface area (Å²) in [6.45, 7) is 0. The molecule has 100 valence electrons. The number of nitrogens with two attached hydrogens (primary N) is 1. The highest BCUT2D eigenvalue weighted by molar-refractivity contribution is 7.89. The Morgan fingerprint density at radius 1 is 1.33 bits per heavy atom. The molecule has 1 aliphatic rings. The molecule has 0 amide bonds. The molecule has 1 aromatic rings. The van der Waals surface area contributed by atoms with Crippen molar-refractivity contribution in [1.82, 2.24) is 4.98 Å². The summed E-state index contributed by atoms with van der Waals surface area (Å²) in [6, 6.07) is 1.58. The molecular weight excluding hydrogens is 273 g/mol. The van der Waals surface area contributed by atoms with E-state index in [9.17, 15) is 21.6 Å². The molecule has 1 fully saturated rings. The molecule has 18 heavy (non-hydrogen) atoms. The zero-order chi connectivity index (χ0) is 13.6. The Labute approximate surface area is 101 Å². The van der Waals surface area contributed by atoms with E-state index in [0.717, 1.165) is 18.9 Å². The van der Waals surface area contributed by atoms with Crippen LogP contribution in [-0.2, 0) is 16.2 Å². The van der Waals surface area contributed by atoms with Crippen LogP contribution in [0, 0.1) is 0 Å². The molecule has 0 spiro atoms. The van der Waals surface area contributed by atoms with Gasteiger partial charge < -0.3 is 4.74 Å². The van der Waals surface area contributed by atoms with Gasteiger partial charge in [-0.1, -0.05) is 0 Å². The highest BCUT2D eigenvalue weighted by atomic mass is 32.2. The number of primary sulfonamides is 1. The van der Waals surface area contributed by atoms with Crippen LogP contribution in [0.1, 0.15) is 18.5 Å². The van der Waals surface area contributed by atoms with Gasteiger partial charge in [0, 0.05) is 0 Å². The van der Waals surface area contributed by atoms with Crippen molar-refractivity contribution in [1.29, 1.82) is 0 Å². The van der Waals surface area contributed by atoms with Crippen LogP contribution in [0.25, 0.3) is 0 Å². The second-order valence-corrected chi connectivity index (χ2v) is 5.34. The largest absolute Gasteiger partial charge is 0.487 e. The molecule has 0 unspecified atom stereocenters. The molecule has 5 nitrogen and oxygen atoms in total. The van der Waals surface area contributed by atoms with Crippen LogP contribution >= 0.6 is 0 Å². The van der Waals surface area contributed by atoms with Gasteiger partial charge >= 0.3 is 6.18 Å². The summed E-state index contributed by atoms with van der Waals surface area (Å²) in [4.78, 5) is 3.03. The molecular formula is C9H9F3N2O3S. The standard InChI is InChI=1S/C9H9F3N2O3S/c10-9(11,12)7-4-3-6(17-5-1-2-5)8(14-7)18(13,15)16/h3-5H,1-2H2,(H2,13,15,16). The second kappa shape index (κ2) is 4.09. The maximum absolute atomic E-state index is 12.4.